The quantitative estimate of drug-likeness (QED) is 0.624. The molecule has 0 aliphatic carbocycles. The smallest absolute Gasteiger partial charge is 0.338 e. The Bertz CT molecular complexity index is 498. The van der Waals surface area contributed by atoms with E-state index in [2.05, 4.69) is 0 Å². The first-order valence-electron chi connectivity index (χ1n) is 5.13. The normalized spacial score (nSPS) is 10.2. The molecule has 0 bridgehead atoms. The molecule has 0 saturated heterocycles. The number of halogens is 3. The zero-order chi connectivity index (χ0) is 13.7. The Kier molecular flexibility index (Phi) is 5.05. The molecular weight excluding hydrogens is 264 g/mol. The van der Waals surface area contributed by atoms with Gasteiger partial charge in [-0.2, -0.15) is 5.26 Å². The van der Waals surface area contributed by atoms with Crippen molar-refractivity contribution in [3.8, 4) is 6.07 Å². The van der Waals surface area contributed by atoms with Crippen molar-refractivity contribution in [1.82, 2.24) is 0 Å². The summed E-state index contributed by atoms with van der Waals surface area (Å²) in [6.45, 7) is 1.66. The van der Waals surface area contributed by atoms with E-state index in [1.807, 2.05) is 0 Å². The largest absolute Gasteiger partial charge is 0.462 e. The monoisotopic (exact) mass is 273 g/mol. The van der Waals surface area contributed by atoms with Crippen molar-refractivity contribution in [2.24, 2.45) is 0 Å². The van der Waals surface area contributed by atoms with Crippen molar-refractivity contribution in [3.05, 3.63) is 34.4 Å². The summed E-state index contributed by atoms with van der Waals surface area (Å²) in [5.74, 6) is -1.11. The molecule has 0 spiro atoms. The highest BCUT2D eigenvalue weighted by Gasteiger charge is 2.24. The van der Waals surface area contributed by atoms with E-state index in [0.29, 0.717) is 0 Å². The van der Waals surface area contributed by atoms with Gasteiger partial charge in [-0.25, -0.2) is 13.6 Å². The average Bonchev–Trinajstić information content (AvgIpc) is 2.36. The van der Waals surface area contributed by atoms with E-state index in [-0.39, 0.29) is 29.2 Å². The Morgan fingerprint density at radius 3 is 2.67 bits per heavy atom. The van der Waals surface area contributed by atoms with Gasteiger partial charge in [-0.15, -0.1) is 11.6 Å². The van der Waals surface area contributed by atoms with E-state index in [9.17, 15) is 13.6 Å². The molecule has 96 valence electrons. The maximum atomic E-state index is 13.0. The summed E-state index contributed by atoms with van der Waals surface area (Å²) in [6, 6.07) is 4.22. The lowest BCUT2D eigenvalue weighted by atomic mass is 9.97. The van der Waals surface area contributed by atoms with Crippen LogP contribution in [0.5, 0.6) is 0 Å². The Morgan fingerprint density at radius 1 is 1.56 bits per heavy atom. The van der Waals surface area contributed by atoms with Crippen LogP contribution in [0.3, 0.4) is 0 Å². The number of carbonyl (C=O) groups is 1. The number of carbonyl (C=O) groups excluding carboxylic acids is 1. The molecule has 0 aromatic heterocycles. The van der Waals surface area contributed by atoms with Crippen molar-refractivity contribution in [1.29, 1.82) is 5.26 Å². The Hall–Kier alpha value is -1.67. The minimum absolute atomic E-state index is 0.0280. The van der Waals surface area contributed by atoms with Gasteiger partial charge in [0.05, 0.1) is 23.8 Å². The number of hydrogen-bond donors (Lipinski definition) is 0. The SMILES string of the molecule is CCOC(=O)c1ccc(C#N)c(CCl)c1C(F)F. The number of benzene rings is 1. The number of nitriles is 1. The first kappa shape index (κ1) is 14.4. The van der Waals surface area contributed by atoms with Crippen LogP contribution in [0.4, 0.5) is 8.78 Å². The molecule has 0 amide bonds. The molecular formula is C12H10ClF2NO2. The fourth-order valence-corrected chi connectivity index (χ4v) is 1.84. The van der Waals surface area contributed by atoms with Gasteiger partial charge in [-0.05, 0) is 24.6 Å². The van der Waals surface area contributed by atoms with E-state index in [0.717, 1.165) is 6.07 Å². The third kappa shape index (κ3) is 2.77. The average molecular weight is 274 g/mol. The molecule has 1 rings (SSSR count). The first-order valence-corrected chi connectivity index (χ1v) is 5.67. The van der Waals surface area contributed by atoms with Crippen LogP contribution in [0, 0.1) is 11.3 Å². The number of alkyl halides is 3. The minimum Gasteiger partial charge on any atom is -0.462 e. The van der Waals surface area contributed by atoms with Crippen molar-refractivity contribution in [2.75, 3.05) is 6.61 Å². The second-order valence-corrected chi connectivity index (χ2v) is 3.59. The van der Waals surface area contributed by atoms with Gasteiger partial charge in [0.2, 0.25) is 0 Å². The highest BCUT2D eigenvalue weighted by atomic mass is 35.5. The molecule has 0 fully saturated rings. The molecule has 0 radical (unpaired) electrons. The molecule has 6 heteroatoms. The van der Waals surface area contributed by atoms with E-state index in [1.165, 1.54) is 6.07 Å². The van der Waals surface area contributed by atoms with Gasteiger partial charge in [0.1, 0.15) is 0 Å². The van der Waals surface area contributed by atoms with Crippen molar-refractivity contribution >= 4 is 17.6 Å². The third-order valence-electron chi connectivity index (χ3n) is 2.32. The van der Waals surface area contributed by atoms with Crippen LogP contribution in [0.2, 0.25) is 0 Å². The summed E-state index contributed by atoms with van der Waals surface area (Å²) in [6.07, 6.45) is -2.90. The maximum absolute atomic E-state index is 13.0. The molecule has 3 nitrogen and oxygen atoms in total. The van der Waals surface area contributed by atoms with Crippen LogP contribution in [-0.4, -0.2) is 12.6 Å². The zero-order valence-electron chi connectivity index (χ0n) is 9.54. The lowest BCUT2D eigenvalue weighted by Crippen LogP contribution is -2.11. The lowest BCUT2D eigenvalue weighted by molar-refractivity contribution is 0.0515. The van der Waals surface area contributed by atoms with Crippen LogP contribution in [-0.2, 0) is 10.6 Å². The number of hydrogen-bond acceptors (Lipinski definition) is 3. The van der Waals surface area contributed by atoms with E-state index < -0.39 is 18.0 Å². The molecule has 0 saturated carbocycles. The van der Waals surface area contributed by atoms with E-state index >= 15 is 0 Å². The zero-order valence-corrected chi connectivity index (χ0v) is 10.3. The molecule has 1 aromatic carbocycles. The predicted octanol–water partition coefficient (Wildman–Crippen LogP) is 3.41. The van der Waals surface area contributed by atoms with Gasteiger partial charge >= 0.3 is 5.97 Å². The highest BCUT2D eigenvalue weighted by molar-refractivity contribution is 6.17. The molecule has 1 aromatic rings. The fourth-order valence-electron chi connectivity index (χ4n) is 1.55. The summed E-state index contributed by atoms with van der Waals surface area (Å²) >= 11 is 5.58. The van der Waals surface area contributed by atoms with Crippen LogP contribution in [0.25, 0.3) is 0 Å². The van der Waals surface area contributed by atoms with E-state index in [4.69, 9.17) is 21.6 Å². The molecule has 0 heterocycles. The van der Waals surface area contributed by atoms with Crippen LogP contribution < -0.4 is 0 Å². The van der Waals surface area contributed by atoms with Gasteiger partial charge in [0.25, 0.3) is 6.43 Å². The van der Waals surface area contributed by atoms with Crippen LogP contribution >= 0.6 is 11.6 Å². The second-order valence-electron chi connectivity index (χ2n) is 3.32. The Morgan fingerprint density at radius 2 is 2.22 bits per heavy atom. The van der Waals surface area contributed by atoms with Crippen molar-refractivity contribution in [3.63, 3.8) is 0 Å². The van der Waals surface area contributed by atoms with Crippen LogP contribution in [0.15, 0.2) is 12.1 Å². The standard InChI is InChI=1S/C12H10ClF2NO2/c1-2-18-12(17)8-4-3-7(6-16)9(5-13)10(8)11(14)15/h3-4,11H,2,5H2,1H3. The number of esters is 1. The van der Waals surface area contributed by atoms with Crippen molar-refractivity contribution in [2.45, 2.75) is 19.2 Å². The van der Waals surface area contributed by atoms with Crippen molar-refractivity contribution < 1.29 is 18.3 Å². The van der Waals surface area contributed by atoms with E-state index in [1.54, 1.807) is 13.0 Å². The molecule has 0 atom stereocenters. The summed E-state index contributed by atoms with van der Waals surface area (Å²) in [5, 5.41) is 8.82. The fraction of sp³-hybridized carbons (Fsp3) is 0.333. The summed E-state index contributed by atoms with van der Waals surface area (Å²) in [7, 11) is 0. The van der Waals surface area contributed by atoms with Gasteiger partial charge in [0, 0.05) is 11.4 Å². The maximum Gasteiger partial charge on any atom is 0.338 e. The third-order valence-corrected chi connectivity index (χ3v) is 2.59. The van der Waals surface area contributed by atoms with Crippen LogP contribution in [0.1, 0.15) is 40.4 Å². The summed E-state index contributed by atoms with van der Waals surface area (Å²) in [4.78, 5) is 11.6. The second kappa shape index (κ2) is 6.31. The Labute approximate surface area is 108 Å². The van der Waals surface area contributed by atoms with Gasteiger partial charge in [-0.1, -0.05) is 0 Å². The molecule has 0 unspecified atom stereocenters. The molecule has 0 aliphatic heterocycles. The molecule has 18 heavy (non-hydrogen) atoms. The minimum atomic E-state index is -2.90. The summed E-state index contributed by atoms with van der Waals surface area (Å²) in [5.41, 5.74) is -0.767. The number of nitrogens with zero attached hydrogens (tertiary/aromatic N) is 1. The van der Waals surface area contributed by atoms with Gasteiger partial charge in [-0.3, -0.25) is 0 Å². The topological polar surface area (TPSA) is 50.1 Å². The lowest BCUT2D eigenvalue weighted by Gasteiger charge is -2.13. The molecule has 0 aliphatic rings. The molecule has 0 N–H and O–H groups in total. The highest BCUT2D eigenvalue weighted by Crippen LogP contribution is 2.30. The predicted molar refractivity (Wildman–Crippen MR) is 61.6 cm³/mol. The van der Waals surface area contributed by atoms with Gasteiger partial charge in [0.15, 0.2) is 0 Å². The number of rotatable bonds is 4. The summed E-state index contributed by atoms with van der Waals surface area (Å²) < 4.78 is 30.7. The Balaban J connectivity index is 3.45. The van der Waals surface area contributed by atoms with Gasteiger partial charge < -0.3 is 4.74 Å². The number of ether oxygens (including phenoxy) is 1. The first-order chi connectivity index (χ1) is 8.56.